The van der Waals surface area contributed by atoms with Crippen molar-refractivity contribution in [3.05, 3.63) is 49.3 Å². The van der Waals surface area contributed by atoms with Crippen LogP contribution in [0, 0.1) is 17.0 Å². The number of hydrogen-bond acceptors (Lipinski definition) is 7. The number of aromatic nitrogens is 1. The zero-order chi connectivity index (χ0) is 16.6. The lowest BCUT2D eigenvalue weighted by atomic mass is 10.1. The van der Waals surface area contributed by atoms with Crippen LogP contribution in [-0.4, -0.2) is 29.5 Å². The summed E-state index contributed by atoms with van der Waals surface area (Å²) in [4.78, 5) is 30.4. The number of ether oxygens (including phenoxy) is 1. The van der Waals surface area contributed by atoms with Crippen molar-refractivity contribution in [2.45, 2.75) is 19.9 Å². The smallest absolute Gasteiger partial charge is 0.345 e. The highest BCUT2D eigenvalue weighted by atomic mass is 32.1. The largest absolute Gasteiger partial charge is 0.465 e. The van der Waals surface area contributed by atoms with Crippen molar-refractivity contribution < 1.29 is 14.5 Å². The van der Waals surface area contributed by atoms with Gasteiger partial charge in [-0.05, 0) is 36.4 Å². The third-order valence-electron chi connectivity index (χ3n) is 3.80. The molecule has 8 heteroatoms. The second-order valence-corrected chi connectivity index (χ2v) is 6.27. The monoisotopic (exact) mass is 333 g/mol. The van der Waals surface area contributed by atoms with Crippen molar-refractivity contribution in [3.63, 3.8) is 0 Å². The molecular formula is C15H15N3O4S. The van der Waals surface area contributed by atoms with Crippen LogP contribution < -0.4 is 4.90 Å². The number of hydrogen-bond donors (Lipinski definition) is 0. The standard InChI is InChI=1S/C15H15N3O4S/c1-9-7-11(15(19)22-2)13(18(20)21)14(16-9)17-5-3-12-10(8-17)4-6-23-12/h4,6-7H,3,5,8H2,1-2H3. The first-order valence-electron chi connectivity index (χ1n) is 7.05. The maximum atomic E-state index is 11.9. The molecule has 23 heavy (non-hydrogen) atoms. The molecular weight excluding hydrogens is 318 g/mol. The van der Waals surface area contributed by atoms with E-state index in [1.54, 1.807) is 18.3 Å². The number of nitro groups is 1. The molecule has 1 aliphatic rings. The first-order chi connectivity index (χ1) is 11.0. The van der Waals surface area contributed by atoms with Gasteiger partial charge in [0.2, 0.25) is 5.82 Å². The number of esters is 1. The summed E-state index contributed by atoms with van der Waals surface area (Å²) in [6, 6.07) is 3.42. The van der Waals surface area contributed by atoms with Gasteiger partial charge in [0.1, 0.15) is 5.56 Å². The van der Waals surface area contributed by atoms with Crippen LogP contribution in [0.5, 0.6) is 0 Å². The quantitative estimate of drug-likeness (QED) is 0.488. The summed E-state index contributed by atoms with van der Waals surface area (Å²) < 4.78 is 4.68. The van der Waals surface area contributed by atoms with E-state index >= 15 is 0 Å². The summed E-state index contributed by atoms with van der Waals surface area (Å²) in [6.45, 7) is 2.89. The Bertz CT molecular complexity index is 787. The summed E-state index contributed by atoms with van der Waals surface area (Å²) >= 11 is 1.69. The van der Waals surface area contributed by atoms with Crippen molar-refractivity contribution in [2.75, 3.05) is 18.6 Å². The van der Waals surface area contributed by atoms with E-state index in [1.807, 2.05) is 16.3 Å². The average molecular weight is 333 g/mol. The molecule has 0 atom stereocenters. The van der Waals surface area contributed by atoms with Crippen LogP contribution >= 0.6 is 11.3 Å². The first-order valence-corrected chi connectivity index (χ1v) is 7.93. The molecule has 120 valence electrons. The van der Waals surface area contributed by atoms with E-state index in [1.165, 1.54) is 18.1 Å². The molecule has 3 rings (SSSR count). The van der Waals surface area contributed by atoms with E-state index in [0.29, 0.717) is 18.8 Å². The van der Waals surface area contributed by atoms with Crippen LogP contribution in [0.1, 0.15) is 26.5 Å². The molecule has 0 saturated carbocycles. The summed E-state index contributed by atoms with van der Waals surface area (Å²) in [5.41, 5.74) is 1.35. The minimum atomic E-state index is -0.725. The van der Waals surface area contributed by atoms with Gasteiger partial charge in [-0.25, -0.2) is 9.78 Å². The summed E-state index contributed by atoms with van der Waals surface area (Å²) in [7, 11) is 1.21. The number of anilines is 1. The summed E-state index contributed by atoms with van der Waals surface area (Å²) in [5, 5.41) is 13.6. The Morgan fingerprint density at radius 3 is 3.00 bits per heavy atom. The number of rotatable bonds is 3. The molecule has 0 aromatic carbocycles. The van der Waals surface area contributed by atoms with Gasteiger partial charge >= 0.3 is 11.7 Å². The van der Waals surface area contributed by atoms with Gasteiger partial charge in [0, 0.05) is 23.7 Å². The third kappa shape index (κ3) is 2.77. The highest BCUT2D eigenvalue weighted by Gasteiger charge is 2.32. The second-order valence-electron chi connectivity index (χ2n) is 5.27. The Kier molecular flexibility index (Phi) is 3.99. The number of aryl methyl sites for hydroxylation is 1. The first kappa shape index (κ1) is 15.4. The number of nitrogens with zero attached hydrogens (tertiary/aromatic N) is 3. The molecule has 0 amide bonds. The fourth-order valence-corrected chi connectivity index (χ4v) is 3.63. The third-order valence-corrected chi connectivity index (χ3v) is 4.82. The van der Waals surface area contributed by atoms with Gasteiger partial charge in [0.15, 0.2) is 0 Å². The van der Waals surface area contributed by atoms with Crippen LogP contribution in [0.25, 0.3) is 0 Å². The molecule has 0 radical (unpaired) electrons. The predicted molar refractivity (Wildman–Crippen MR) is 86.0 cm³/mol. The van der Waals surface area contributed by atoms with E-state index < -0.39 is 10.9 Å². The molecule has 2 aromatic heterocycles. The second kappa shape index (κ2) is 5.96. The molecule has 0 aliphatic carbocycles. The zero-order valence-electron chi connectivity index (χ0n) is 12.7. The molecule has 0 N–H and O–H groups in total. The molecule has 1 aliphatic heterocycles. The van der Waals surface area contributed by atoms with Crippen LogP contribution in [0.2, 0.25) is 0 Å². The maximum Gasteiger partial charge on any atom is 0.345 e. The normalized spacial score (nSPS) is 13.6. The van der Waals surface area contributed by atoms with Gasteiger partial charge in [-0.1, -0.05) is 0 Å². The fraction of sp³-hybridized carbons (Fsp3) is 0.333. The Balaban J connectivity index is 2.10. The lowest BCUT2D eigenvalue weighted by Gasteiger charge is -2.28. The van der Waals surface area contributed by atoms with Gasteiger partial charge in [0.25, 0.3) is 0 Å². The molecule has 0 unspecified atom stereocenters. The van der Waals surface area contributed by atoms with Crippen LogP contribution in [0.15, 0.2) is 17.5 Å². The number of thiophene rings is 1. The SMILES string of the molecule is COC(=O)c1cc(C)nc(N2CCc3sccc3C2)c1[N+](=O)[O-]. The lowest BCUT2D eigenvalue weighted by molar-refractivity contribution is -0.384. The molecule has 2 aromatic rings. The van der Waals surface area contributed by atoms with Crippen molar-refractivity contribution in [1.82, 2.24) is 4.98 Å². The van der Waals surface area contributed by atoms with E-state index in [-0.39, 0.29) is 17.1 Å². The van der Waals surface area contributed by atoms with Crippen LogP contribution in [0.4, 0.5) is 11.5 Å². The highest BCUT2D eigenvalue weighted by Crippen LogP contribution is 2.35. The average Bonchev–Trinajstić information content (AvgIpc) is 3.00. The predicted octanol–water partition coefficient (Wildman–Crippen LogP) is 2.71. The van der Waals surface area contributed by atoms with E-state index in [2.05, 4.69) is 9.72 Å². The molecule has 0 saturated heterocycles. The highest BCUT2D eigenvalue weighted by molar-refractivity contribution is 7.10. The van der Waals surface area contributed by atoms with Gasteiger partial charge in [-0.2, -0.15) is 0 Å². The molecule has 0 bridgehead atoms. The Hall–Kier alpha value is -2.48. The number of fused-ring (bicyclic) bond motifs is 1. The fourth-order valence-electron chi connectivity index (χ4n) is 2.75. The zero-order valence-corrected chi connectivity index (χ0v) is 13.6. The van der Waals surface area contributed by atoms with E-state index in [9.17, 15) is 14.9 Å². The topological polar surface area (TPSA) is 85.6 Å². The number of methoxy groups -OCH3 is 1. The van der Waals surface area contributed by atoms with Crippen molar-refractivity contribution in [3.8, 4) is 0 Å². The Morgan fingerprint density at radius 2 is 2.30 bits per heavy atom. The number of pyridine rings is 1. The molecule has 7 nitrogen and oxygen atoms in total. The minimum absolute atomic E-state index is 0.0592. The van der Waals surface area contributed by atoms with Gasteiger partial charge in [-0.3, -0.25) is 10.1 Å². The maximum absolute atomic E-state index is 11.9. The molecule has 3 heterocycles. The molecule has 0 spiro atoms. The van der Waals surface area contributed by atoms with Crippen LogP contribution in [0.3, 0.4) is 0 Å². The van der Waals surface area contributed by atoms with E-state index in [4.69, 9.17) is 0 Å². The number of carbonyl (C=O) groups is 1. The van der Waals surface area contributed by atoms with Crippen molar-refractivity contribution >= 4 is 28.8 Å². The van der Waals surface area contributed by atoms with Gasteiger partial charge < -0.3 is 9.64 Å². The van der Waals surface area contributed by atoms with Crippen molar-refractivity contribution in [2.24, 2.45) is 0 Å². The van der Waals surface area contributed by atoms with Gasteiger partial charge in [-0.15, -0.1) is 11.3 Å². The Labute approximate surface area is 136 Å². The number of carbonyl (C=O) groups excluding carboxylic acids is 1. The minimum Gasteiger partial charge on any atom is -0.465 e. The van der Waals surface area contributed by atoms with Crippen molar-refractivity contribution in [1.29, 1.82) is 0 Å². The van der Waals surface area contributed by atoms with Crippen LogP contribution in [-0.2, 0) is 17.7 Å². The van der Waals surface area contributed by atoms with E-state index in [0.717, 1.165) is 12.0 Å². The lowest BCUT2D eigenvalue weighted by Crippen LogP contribution is -2.31. The summed E-state index contributed by atoms with van der Waals surface area (Å²) in [6.07, 6.45) is 0.813. The summed E-state index contributed by atoms with van der Waals surface area (Å²) in [5.74, 6) is -0.496. The Morgan fingerprint density at radius 1 is 1.52 bits per heavy atom. The van der Waals surface area contributed by atoms with Gasteiger partial charge in [0.05, 0.1) is 12.0 Å². The molecule has 0 fully saturated rings.